The zero-order valence-electron chi connectivity index (χ0n) is 8.14. The highest BCUT2D eigenvalue weighted by Gasteiger charge is 1.87. The summed E-state index contributed by atoms with van der Waals surface area (Å²) in [5.41, 5.74) is 0. The summed E-state index contributed by atoms with van der Waals surface area (Å²) in [7, 11) is 0. The number of allylic oxidation sites excluding steroid dienone is 6. The van der Waals surface area contributed by atoms with Crippen LogP contribution in [0.5, 0.6) is 0 Å². The van der Waals surface area contributed by atoms with Gasteiger partial charge in [-0.3, -0.25) is 0 Å². The lowest BCUT2D eigenvalue weighted by Gasteiger charge is -1.80. The molecule has 0 aromatic carbocycles. The normalized spacial score (nSPS) is 11.2. The SMILES string of the molecule is C[C+]=CCCC=CCC[C+]=CC. The molecule has 0 aliphatic rings. The molecule has 0 amide bonds. The Labute approximate surface area is 76.7 Å². The van der Waals surface area contributed by atoms with Crippen molar-refractivity contribution in [3.63, 3.8) is 0 Å². The molecule has 0 saturated heterocycles. The number of rotatable bonds is 6. The predicted octanol–water partition coefficient (Wildman–Crippen LogP) is 3.86. The van der Waals surface area contributed by atoms with Gasteiger partial charge in [0, 0.05) is 19.8 Å². The molecule has 0 nitrogen and oxygen atoms in total. The van der Waals surface area contributed by atoms with E-state index in [4.69, 9.17) is 0 Å². The Morgan fingerprint density at radius 3 is 2.50 bits per heavy atom. The summed E-state index contributed by atoms with van der Waals surface area (Å²) < 4.78 is 0. The highest BCUT2D eigenvalue weighted by molar-refractivity contribution is 4.86. The first-order valence-electron chi connectivity index (χ1n) is 4.57. The second-order valence-electron chi connectivity index (χ2n) is 2.57. The molecule has 0 atom stereocenters. The maximum atomic E-state index is 3.15. The van der Waals surface area contributed by atoms with Gasteiger partial charge in [-0.15, -0.1) is 0 Å². The molecule has 0 fully saturated rings. The number of hydrogen-bond acceptors (Lipinski definition) is 0. The smallest absolute Gasteiger partial charge is 0.0879 e. The predicted molar refractivity (Wildman–Crippen MR) is 54.6 cm³/mol. The van der Waals surface area contributed by atoms with Crippen LogP contribution in [0.3, 0.4) is 0 Å². The zero-order chi connectivity index (χ0) is 9.07. The minimum atomic E-state index is 1.04. The van der Waals surface area contributed by atoms with Gasteiger partial charge in [0.05, 0.1) is 0 Å². The van der Waals surface area contributed by atoms with Crippen LogP contribution in [0.25, 0.3) is 0 Å². The van der Waals surface area contributed by atoms with Gasteiger partial charge in [-0.25, -0.2) is 0 Å². The van der Waals surface area contributed by atoms with Crippen LogP contribution in [0.4, 0.5) is 0 Å². The lowest BCUT2D eigenvalue weighted by Crippen LogP contribution is -1.67. The molecular formula is C12H18+2. The molecule has 0 aromatic rings. The maximum Gasteiger partial charge on any atom is 0.218 e. The summed E-state index contributed by atoms with van der Waals surface area (Å²) in [6.45, 7) is 3.94. The average Bonchev–Trinajstić information content (AvgIpc) is 2.10. The van der Waals surface area contributed by atoms with Crippen LogP contribution in [-0.2, 0) is 0 Å². The zero-order valence-corrected chi connectivity index (χ0v) is 8.14. The van der Waals surface area contributed by atoms with Crippen LogP contribution < -0.4 is 0 Å². The fourth-order valence-electron chi connectivity index (χ4n) is 0.871. The molecule has 0 spiro atoms. The largest absolute Gasteiger partial charge is 0.218 e. The molecule has 0 radical (unpaired) electrons. The number of hydrogen-bond donors (Lipinski definition) is 0. The summed E-state index contributed by atoms with van der Waals surface area (Å²) in [5, 5.41) is 0. The van der Waals surface area contributed by atoms with Crippen molar-refractivity contribution in [2.75, 3.05) is 0 Å². The van der Waals surface area contributed by atoms with E-state index in [1.807, 2.05) is 19.9 Å². The van der Waals surface area contributed by atoms with E-state index in [-0.39, 0.29) is 0 Å². The molecule has 0 aromatic heterocycles. The quantitative estimate of drug-likeness (QED) is 0.316. The van der Waals surface area contributed by atoms with Gasteiger partial charge < -0.3 is 0 Å². The highest BCUT2D eigenvalue weighted by atomic mass is 13.8. The van der Waals surface area contributed by atoms with Crippen LogP contribution in [0.2, 0.25) is 0 Å². The summed E-state index contributed by atoms with van der Waals surface area (Å²) >= 11 is 0. The molecule has 12 heavy (non-hydrogen) atoms. The van der Waals surface area contributed by atoms with Crippen LogP contribution in [0, 0.1) is 12.2 Å². The molecule has 0 bridgehead atoms. The van der Waals surface area contributed by atoms with Crippen LogP contribution in [0.15, 0.2) is 24.3 Å². The molecular weight excluding hydrogens is 144 g/mol. The van der Waals surface area contributed by atoms with Crippen molar-refractivity contribution >= 4 is 0 Å². The second kappa shape index (κ2) is 10.0. The third-order valence-electron chi connectivity index (χ3n) is 1.51. The van der Waals surface area contributed by atoms with E-state index < -0.39 is 0 Å². The lowest BCUT2D eigenvalue weighted by atomic mass is 10.2. The average molecular weight is 162 g/mol. The molecule has 0 unspecified atom stereocenters. The first-order valence-corrected chi connectivity index (χ1v) is 4.57. The number of unbranched alkanes of at least 4 members (excludes halogenated alkanes) is 2. The van der Waals surface area contributed by atoms with Gasteiger partial charge >= 0.3 is 0 Å². The molecule has 0 aliphatic heterocycles. The van der Waals surface area contributed by atoms with Gasteiger partial charge in [0.25, 0.3) is 0 Å². The van der Waals surface area contributed by atoms with E-state index in [9.17, 15) is 0 Å². The Balaban J connectivity index is 3.14. The van der Waals surface area contributed by atoms with E-state index in [1.165, 1.54) is 0 Å². The molecule has 0 saturated carbocycles. The molecule has 64 valence electrons. The van der Waals surface area contributed by atoms with Crippen molar-refractivity contribution in [3.8, 4) is 0 Å². The van der Waals surface area contributed by atoms with Gasteiger partial charge in [0.15, 0.2) is 19.4 Å². The monoisotopic (exact) mass is 162 g/mol. The van der Waals surface area contributed by atoms with Crippen molar-refractivity contribution in [3.05, 3.63) is 36.5 Å². The van der Waals surface area contributed by atoms with Crippen molar-refractivity contribution in [1.82, 2.24) is 0 Å². The highest BCUT2D eigenvalue weighted by Crippen LogP contribution is 1.96. The summed E-state index contributed by atoms with van der Waals surface area (Å²) in [5.74, 6) is 0. The molecule has 0 rings (SSSR count). The third-order valence-corrected chi connectivity index (χ3v) is 1.51. The minimum Gasteiger partial charge on any atom is -0.0879 e. The molecule has 0 heteroatoms. The van der Waals surface area contributed by atoms with E-state index in [0.29, 0.717) is 0 Å². The van der Waals surface area contributed by atoms with Crippen molar-refractivity contribution < 1.29 is 0 Å². The summed E-state index contributed by atoms with van der Waals surface area (Å²) in [4.78, 5) is 0. The van der Waals surface area contributed by atoms with Crippen molar-refractivity contribution in [2.45, 2.75) is 39.5 Å². The standard InChI is InChI=1S/C12H18/c1-3-5-7-9-11-12-10-8-6-4-2/h3,6,11-12H,7-10H2,1-2H3/q+2. The minimum absolute atomic E-state index is 1.04. The van der Waals surface area contributed by atoms with Crippen LogP contribution >= 0.6 is 0 Å². The van der Waals surface area contributed by atoms with Crippen molar-refractivity contribution in [2.24, 2.45) is 0 Å². The van der Waals surface area contributed by atoms with E-state index in [1.54, 1.807) is 0 Å². The Kier molecular flexibility index (Phi) is 9.24. The maximum absolute atomic E-state index is 3.15. The van der Waals surface area contributed by atoms with E-state index >= 15 is 0 Å². The Morgan fingerprint density at radius 2 is 1.83 bits per heavy atom. The van der Waals surface area contributed by atoms with Gasteiger partial charge in [0.1, 0.15) is 6.08 Å². The van der Waals surface area contributed by atoms with Gasteiger partial charge in [0.2, 0.25) is 12.2 Å². The van der Waals surface area contributed by atoms with E-state index in [2.05, 4.69) is 30.4 Å². The van der Waals surface area contributed by atoms with Gasteiger partial charge in [-0.05, 0) is 6.42 Å². The molecule has 0 N–H and O–H groups in total. The Morgan fingerprint density at radius 1 is 1.08 bits per heavy atom. The van der Waals surface area contributed by atoms with Gasteiger partial charge in [-0.1, -0.05) is 12.2 Å². The Hall–Kier alpha value is -0.960. The summed E-state index contributed by atoms with van der Waals surface area (Å²) in [6, 6.07) is 0. The fraction of sp³-hybridized carbons (Fsp3) is 0.500. The fourth-order valence-corrected chi connectivity index (χ4v) is 0.871. The van der Waals surface area contributed by atoms with Gasteiger partial charge in [-0.2, -0.15) is 0 Å². The van der Waals surface area contributed by atoms with Crippen molar-refractivity contribution in [1.29, 1.82) is 0 Å². The first-order chi connectivity index (χ1) is 5.91. The first kappa shape index (κ1) is 11.0. The molecule has 0 heterocycles. The lowest BCUT2D eigenvalue weighted by molar-refractivity contribution is 0.988. The van der Waals surface area contributed by atoms with E-state index in [0.717, 1.165) is 25.7 Å². The topological polar surface area (TPSA) is 0 Å². The van der Waals surface area contributed by atoms with Crippen LogP contribution in [-0.4, -0.2) is 0 Å². The summed E-state index contributed by atoms with van der Waals surface area (Å²) in [6.07, 6.45) is 19.1. The van der Waals surface area contributed by atoms with Crippen LogP contribution in [0.1, 0.15) is 39.5 Å². The molecule has 0 aliphatic carbocycles. The third kappa shape index (κ3) is 9.04. The Bertz CT molecular complexity index is 131. The second-order valence-corrected chi connectivity index (χ2v) is 2.57.